The summed E-state index contributed by atoms with van der Waals surface area (Å²) in [5.74, 6) is -1.27. The Morgan fingerprint density at radius 1 is 1.03 bits per heavy atom. The molecule has 0 aliphatic carbocycles. The van der Waals surface area contributed by atoms with Crippen LogP contribution in [0.15, 0.2) is 66.0 Å². The van der Waals surface area contributed by atoms with Gasteiger partial charge in [0.15, 0.2) is 0 Å². The van der Waals surface area contributed by atoms with Gasteiger partial charge in [0.05, 0.1) is 17.5 Å². The summed E-state index contributed by atoms with van der Waals surface area (Å²) in [5.41, 5.74) is 0.518. The average Bonchev–Trinajstić information content (AvgIpc) is 3.24. The second-order valence-electron chi connectivity index (χ2n) is 7.01. The number of carbonyl (C=O) groups excluding carboxylic acids is 2. The van der Waals surface area contributed by atoms with E-state index in [-0.39, 0.29) is 17.5 Å². The molecule has 4 rings (SSSR count). The Bertz CT molecular complexity index is 1080. The molecule has 1 aliphatic rings. The predicted octanol–water partition coefficient (Wildman–Crippen LogP) is 5.32. The predicted molar refractivity (Wildman–Crippen MR) is 108 cm³/mol. The highest BCUT2D eigenvalue weighted by molar-refractivity contribution is 7.10. The fourth-order valence-electron chi connectivity index (χ4n) is 3.73. The number of amides is 2. The number of fused-ring (bicyclic) bond motifs is 1. The fourth-order valence-corrected chi connectivity index (χ4v) is 4.64. The Labute approximate surface area is 174 Å². The van der Waals surface area contributed by atoms with E-state index in [0.717, 1.165) is 17.0 Å². The first-order valence-corrected chi connectivity index (χ1v) is 10.0. The first kappa shape index (κ1) is 20.2. The third-order valence-electron chi connectivity index (χ3n) is 5.18. The Kier molecular flexibility index (Phi) is 5.11. The van der Waals surface area contributed by atoms with Gasteiger partial charge in [0.1, 0.15) is 0 Å². The highest BCUT2D eigenvalue weighted by atomic mass is 32.1. The fraction of sp³-hybridized carbons (Fsp3) is 0.182. The van der Waals surface area contributed by atoms with Gasteiger partial charge in [-0.3, -0.25) is 9.59 Å². The van der Waals surface area contributed by atoms with Gasteiger partial charge in [-0.1, -0.05) is 24.3 Å². The van der Waals surface area contributed by atoms with E-state index in [1.54, 1.807) is 36.2 Å². The number of anilines is 1. The summed E-state index contributed by atoms with van der Waals surface area (Å²) in [6.45, 7) is 0. The van der Waals surface area contributed by atoms with E-state index in [0.29, 0.717) is 11.1 Å². The lowest BCUT2D eigenvalue weighted by Gasteiger charge is -2.39. The quantitative estimate of drug-likeness (QED) is 0.612. The van der Waals surface area contributed by atoms with Gasteiger partial charge in [-0.15, -0.1) is 11.3 Å². The van der Waals surface area contributed by atoms with Crippen LogP contribution in [0, 0.1) is 0 Å². The highest BCUT2D eigenvalue weighted by Crippen LogP contribution is 2.43. The van der Waals surface area contributed by atoms with Crippen molar-refractivity contribution in [1.29, 1.82) is 0 Å². The summed E-state index contributed by atoms with van der Waals surface area (Å²) in [4.78, 5) is 28.6. The number of alkyl halides is 3. The van der Waals surface area contributed by atoms with Crippen LogP contribution in [0.1, 0.15) is 38.3 Å². The first-order chi connectivity index (χ1) is 14.3. The minimum absolute atomic E-state index is 0.178. The molecular weight excluding hydrogens is 413 g/mol. The lowest BCUT2D eigenvalue weighted by atomic mass is 9.81. The molecule has 0 unspecified atom stereocenters. The first-order valence-electron chi connectivity index (χ1n) is 9.15. The van der Waals surface area contributed by atoms with Crippen molar-refractivity contribution in [3.8, 4) is 0 Å². The Hall–Kier alpha value is -3.13. The molecule has 2 atom stereocenters. The largest absolute Gasteiger partial charge is 0.416 e. The summed E-state index contributed by atoms with van der Waals surface area (Å²) in [6, 6.07) is 14.4. The normalized spacial score (nSPS) is 18.8. The number of nitrogens with one attached hydrogen (secondary N) is 1. The van der Waals surface area contributed by atoms with Crippen LogP contribution in [0.3, 0.4) is 0 Å². The molecule has 1 aliphatic heterocycles. The third kappa shape index (κ3) is 3.59. The second kappa shape index (κ2) is 7.60. The van der Waals surface area contributed by atoms with Gasteiger partial charge < -0.3 is 10.2 Å². The lowest BCUT2D eigenvalue weighted by Crippen LogP contribution is -2.43. The van der Waals surface area contributed by atoms with Crippen LogP contribution < -0.4 is 5.32 Å². The molecule has 0 fully saturated rings. The minimum atomic E-state index is -4.45. The molecule has 0 radical (unpaired) electrons. The van der Waals surface area contributed by atoms with Crippen molar-refractivity contribution in [1.82, 2.24) is 4.90 Å². The standard InChI is InChI=1S/C22H17F3N2O2S/c1-27-19(17-7-4-12-30-17)18(15-5-2-3-6-16(15)21(27)29)20(28)26-14-10-8-13(9-11-14)22(23,24)25/h2-12,18-19H,1H3,(H,26,28)/t18-,19-/m0/s1. The number of likely N-dealkylation sites (N-methyl/N-ethyl adjacent to an activating group) is 1. The second-order valence-corrected chi connectivity index (χ2v) is 7.98. The van der Waals surface area contributed by atoms with Gasteiger partial charge in [0.2, 0.25) is 5.91 Å². The number of rotatable bonds is 3. The number of thiophene rings is 1. The van der Waals surface area contributed by atoms with Crippen LogP contribution in [-0.2, 0) is 11.0 Å². The number of benzene rings is 2. The van der Waals surface area contributed by atoms with Crippen molar-refractivity contribution in [2.45, 2.75) is 18.1 Å². The molecule has 2 aromatic carbocycles. The Morgan fingerprint density at radius 3 is 2.37 bits per heavy atom. The van der Waals surface area contributed by atoms with Crippen molar-refractivity contribution < 1.29 is 22.8 Å². The Morgan fingerprint density at radius 2 is 1.73 bits per heavy atom. The van der Waals surface area contributed by atoms with E-state index in [1.165, 1.54) is 23.5 Å². The summed E-state index contributed by atoms with van der Waals surface area (Å²) in [5, 5.41) is 4.59. The van der Waals surface area contributed by atoms with Crippen LogP contribution in [-0.4, -0.2) is 23.8 Å². The monoisotopic (exact) mass is 430 g/mol. The summed E-state index contributed by atoms with van der Waals surface area (Å²) < 4.78 is 38.4. The van der Waals surface area contributed by atoms with Crippen molar-refractivity contribution in [3.05, 3.63) is 87.6 Å². The maximum absolute atomic E-state index is 13.3. The maximum Gasteiger partial charge on any atom is 0.416 e. The maximum atomic E-state index is 13.3. The molecule has 0 saturated carbocycles. The molecule has 0 spiro atoms. The molecule has 0 bridgehead atoms. The van der Waals surface area contributed by atoms with Crippen molar-refractivity contribution >= 4 is 28.8 Å². The zero-order chi connectivity index (χ0) is 21.5. The van der Waals surface area contributed by atoms with Crippen LogP contribution in [0.25, 0.3) is 0 Å². The molecule has 3 aromatic rings. The van der Waals surface area contributed by atoms with Gasteiger partial charge in [-0.2, -0.15) is 13.2 Å². The zero-order valence-corrected chi connectivity index (χ0v) is 16.6. The molecule has 2 heterocycles. The molecule has 2 amide bonds. The van der Waals surface area contributed by atoms with Gasteiger partial charge in [-0.05, 0) is 47.3 Å². The molecule has 154 valence electrons. The number of halogens is 3. The van der Waals surface area contributed by atoms with Crippen LogP contribution in [0.4, 0.5) is 18.9 Å². The number of carbonyl (C=O) groups is 2. The van der Waals surface area contributed by atoms with Crippen LogP contribution in [0.5, 0.6) is 0 Å². The van der Waals surface area contributed by atoms with E-state index in [9.17, 15) is 22.8 Å². The SMILES string of the molecule is CN1C(=O)c2ccccc2[C@H](C(=O)Nc2ccc(C(F)(F)F)cc2)[C@@H]1c1cccs1. The average molecular weight is 430 g/mol. The lowest BCUT2D eigenvalue weighted by molar-refractivity contribution is -0.137. The van der Waals surface area contributed by atoms with Crippen molar-refractivity contribution in [2.75, 3.05) is 12.4 Å². The molecular formula is C22H17F3N2O2S. The van der Waals surface area contributed by atoms with Crippen molar-refractivity contribution in [3.63, 3.8) is 0 Å². The van der Waals surface area contributed by atoms with Crippen LogP contribution >= 0.6 is 11.3 Å². The molecule has 30 heavy (non-hydrogen) atoms. The van der Waals surface area contributed by atoms with Crippen LogP contribution in [0.2, 0.25) is 0 Å². The molecule has 1 aromatic heterocycles. The molecule has 8 heteroatoms. The minimum Gasteiger partial charge on any atom is -0.333 e. The van der Waals surface area contributed by atoms with Gasteiger partial charge in [0, 0.05) is 23.2 Å². The highest BCUT2D eigenvalue weighted by Gasteiger charge is 2.43. The summed E-state index contributed by atoms with van der Waals surface area (Å²) >= 11 is 1.44. The summed E-state index contributed by atoms with van der Waals surface area (Å²) in [7, 11) is 1.65. The van der Waals surface area contributed by atoms with Gasteiger partial charge in [0.25, 0.3) is 5.91 Å². The number of nitrogens with zero attached hydrogens (tertiary/aromatic N) is 1. The van der Waals surface area contributed by atoms with E-state index in [2.05, 4.69) is 5.32 Å². The van der Waals surface area contributed by atoms with E-state index in [1.807, 2.05) is 17.5 Å². The zero-order valence-electron chi connectivity index (χ0n) is 15.8. The topological polar surface area (TPSA) is 49.4 Å². The Balaban J connectivity index is 1.71. The molecule has 1 N–H and O–H groups in total. The van der Waals surface area contributed by atoms with E-state index in [4.69, 9.17) is 0 Å². The van der Waals surface area contributed by atoms with Gasteiger partial charge in [-0.25, -0.2) is 0 Å². The van der Waals surface area contributed by atoms with E-state index < -0.39 is 23.7 Å². The molecule has 0 saturated heterocycles. The molecule has 4 nitrogen and oxygen atoms in total. The smallest absolute Gasteiger partial charge is 0.333 e. The third-order valence-corrected chi connectivity index (χ3v) is 6.12. The van der Waals surface area contributed by atoms with Crippen molar-refractivity contribution in [2.24, 2.45) is 0 Å². The number of hydrogen-bond donors (Lipinski definition) is 1. The summed E-state index contributed by atoms with van der Waals surface area (Å²) in [6.07, 6.45) is -4.45. The van der Waals surface area contributed by atoms with E-state index >= 15 is 0 Å². The number of hydrogen-bond acceptors (Lipinski definition) is 3. The van der Waals surface area contributed by atoms with Gasteiger partial charge >= 0.3 is 6.18 Å².